The maximum absolute atomic E-state index is 12.4. The molecular weight excluding hydrogens is 224 g/mol. The summed E-state index contributed by atoms with van der Waals surface area (Å²) in [7, 11) is 0. The second kappa shape index (κ2) is 5.17. The van der Waals surface area contributed by atoms with Gasteiger partial charge < -0.3 is 0 Å². The molecule has 94 valence electrons. The smallest absolute Gasteiger partial charge is 0.258 e. The van der Waals surface area contributed by atoms with Crippen LogP contribution in [0.3, 0.4) is 0 Å². The first-order valence-electron chi connectivity index (χ1n) is 6.20. The van der Waals surface area contributed by atoms with Crippen molar-refractivity contribution in [3.63, 3.8) is 0 Å². The molecule has 0 bridgehead atoms. The van der Waals surface area contributed by atoms with E-state index in [-0.39, 0.29) is 5.56 Å². The van der Waals surface area contributed by atoms with E-state index in [0.717, 1.165) is 23.2 Å². The van der Waals surface area contributed by atoms with Crippen LogP contribution in [0, 0.1) is 12.8 Å². The van der Waals surface area contributed by atoms with Crippen molar-refractivity contribution in [1.82, 2.24) is 9.55 Å². The molecule has 0 aliphatic carbocycles. The zero-order valence-electron chi connectivity index (χ0n) is 11.1. The summed E-state index contributed by atoms with van der Waals surface area (Å²) in [6.45, 7) is 6.20. The van der Waals surface area contributed by atoms with Gasteiger partial charge in [-0.1, -0.05) is 19.9 Å². The van der Waals surface area contributed by atoms with Gasteiger partial charge in [0, 0.05) is 18.0 Å². The molecule has 0 saturated carbocycles. The van der Waals surface area contributed by atoms with Gasteiger partial charge in [-0.25, -0.2) is 0 Å². The van der Waals surface area contributed by atoms with Gasteiger partial charge in [-0.2, -0.15) is 0 Å². The fourth-order valence-electron chi connectivity index (χ4n) is 2.01. The van der Waals surface area contributed by atoms with Crippen LogP contribution in [-0.4, -0.2) is 9.55 Å². The zero-order valence-corrected chi connectivity index (χ0v) is 11.1. The van der Waals surface area contributed by atoms with E-state index in [9.17, 15) is 4.79 Å². The Bertz CT molecular complexity index is 599. The highest BCUT2D eigenvalue weighted by Crippen LogP contribution is 2.08. The summed E-state index contributed by atoms with van der Waals surface area (Å²) in [5, 5.41) is 0. The third-order valence-electron chi connectivity index (χ3n) is 2.79. The Balaban J connectivity index is 2.49. The molecule has 0 amide bonds. The van der Waals surface area contributed by atoms with Gasteiger partial charge in [-0.15, -0.1) is 0 Å². The maximum Gasteiger partial charge on any atom is 0.258 e. The predicted octanol–water partition coefficient (Wildman–Crippen LogP) is 2.74. The van der Waals surface area contributed by atoms with Crippen LogP contribution >= 0.6 is 0 Å². The molecule has 0 aliphatic heterocycles. The molecule has 3 nitrogen and oxygen atoms in total. The number of pyridine rings is 2. The standard InChI is InChI=1S/C15H18N2O/c1-11(2)7-13-5-4-6-17(15(13)18)14-8-12(3)9-16-10-14/h4-6,8-11H,7H2,1-3H3. The lowest BCUT2D eigenvalue weighted by atomic mass is 10.0. The molecule has 0 aliphatic rings. The van der Waals surface area contributed by atoms with E-state index in [1.807, 2.05) is 25.1 Å². The summed E-state index contributed by atoms with van der Waals surface area (Å²) in [6.07, 6.45) is 6.10. The minimum Gasteiger partial charge on any atom is -0.283 e. The third kappa shape index (κ3) is 2.67. The number of rotatable bonds is 3. The summed E-state index contributed by atoms with van der Waals surface area (Å²) in [5.74, 6) is 0.476. The Labute approximate surface area is 107 Å². The van der Waals surface area contributed by atoms with Gasteiger partial charge in [0.25, 0.3) is 5.56 Å². The fourth-order valence-corrected chi connectivity index (χ4v) is 2.01. The summed E-state index contributed by atoms with van der Waals surface area (Å²) >= 11 is 0. The van der Waals surface area contributed by atoms with E-state index in [2.05, 4.69) is 18.8 Å². The minimum absolute atomic E-state index is 0.0543. The monoisotopic (exact) mass is 242 g/mol. The van der Waals surface area contributed by atoms with Crippen molar-refractivity contribution in [2.75, 3.05) is 0 Å². The van der Waals surface area contributed by atoms with E-state index in [4.69, 9.17) is 0 Å². The van der Waals surface area contributed by atoms with Gasteiger partial charge in [0.05, 0.1) is 11.9 Å². The van der Waals surface area contributed by atoms with Crippen LogP contribution in [-0.2, 0) is 6.42 Å². The van der Waals surface area contributed by atoms with Crippen molar-refractivity contribution in [3.05, 3.63) is 58.3 Å². The van der Waals surface area contributed by atoms with Crippen LogP contribution in [0.1, 0.15) is 25.0 Å². The molecule has 0 radical (unpaired) electrons. The molecule has 3 heteroatoms. The highest BCUT2D eigenvalue weighted by molar-refractivity contribution is 5.33. The van der Waals surface area contributed by atoms with Gasteiger partial charge >= 0.3 is 0 Å². The van der Waals surface area contributed by atoms with Gasteiger partial charge in [0.15, 0.2) is 0 Å². The Kier molecular flexibility index (Phi) is 3.60. The van der Waals surface area contributed by atoms with E-state index < -0.39 is 0 Å². The second-order valence-corrected chi connectivity index (χ2v) is 5.03. The largest absolute Gasteiger partial charge is 0.283 e. The molecule has 0 atom stereocenters. The van der Waals surface area contributed by atoms with Crippen molar-refractivity contribution < 1.29 is 0 Å². The van der Waals surface area contributed by atoms with Crippen LogP contribution in [0.2, 0.25) is 0 Å². The number of hydrogen-bond acceptors (Lipinski definition) is 2. The fraction of sp³-hybridized carbons (Fsp3) is 0.333. The first kappa shape index (κ1) is 12.6. The quantitative estimate of drug-likeness (QED) is 0.829. The van der Waals surface area contributed by atoms with Gasteiger partial charge in [-0.3, -0.25) is 14.3 Å². The summed E-state index contributed by atoms with van der Waals surface area (Å²) in [5.41, 5.74) is 2.78. The van der Waals surface area contributed by atoms with Crippen LogP contribution < -0.4 is 5.56 Å². The van der Waals surface area contributed by atoms with Gasteiger partial charge in [0.2, 0.25) is 0 Å². The molecular formula is C15H18N2O. The second-order valence-electron chi connectivity index (χ2n) is 5.03. The number of hydrogen-bond donors (Lipinski definition) is 0. The molecule has 2 heterocycles. The molecule has 2 rings (SSSR count). The summed E-state index contributed by atoms with van der Waals surface area (Å²) < 4.78 is 1.66. The molecule has 0 aromatic carbocycles. The first-order chi connectivity index (χ1) is 8.58. The maximum atomic E-state index is 12.4. The van der Waals surface area contributed by atoms with Gasteiger partial charge in [0.1, 0.15) is 0 Å². The molecule has 0 saturated heterocycles. The summed E-state index contributed by atoms with van der Waals surface area (Å²) in [6, 6.07) is 5.79. The van der Waals surface area contributed by atoms with Crippen LogP contribution in [0.25, 0.3) is 5.69 Å². The molecule has 0 spiro atoms. The molecule has 0 unspecified atom stereocenters. The van der Waals surface area contributed by atoms with Crippen molar-refractivity contribution in [2.45, 2.75) is 27.2 Å². The lowest BCUT2D eigenvalue weighted by molar-refractivity contribution is 0.639. The molecule has 0 fully saturated rings. The lowest BCUT2D eigenvalue weighted by Crippen LogP contribution is -2.22. The Morgan fingerprint density at radius 1 is 1.33 bits per heavy atom. The average molecular weight is 242 g/mol. The molecule has 18 heavy (non-hydrogen) atoms. The van der Waals surface area contributed by atoms with E-state index in [1.165, 1.54) is 0 Å². The minimum atomic E-state index is 0.0543. The topological polar surface area (TPSA) is 34.9 Å². The Hall–Kier alpha value is -1.90. The van der Waals surface area contributed by atoms with Crippen molar-refractivity contribution in [3.8, 4) is 5.69 Å². The zero-order chi connectivity index (χ0) is 13.1. The molecule has 2 aromatic heterocycles. The number of nitrogens with zero attached hydrogens (tertiary/aromatic N) is 2. The van der Waals surface area contributed by atoms with E-state index in [1.54, 1.807) is 23.2 Å². The van der Waals surface area contributed by atoms with Crippen molar-refractivity contribution >= 4 is 0 Å². The highest BCUT2D eigenvalue weighted by atomic mass is 16.1. The average Bonchev–Trinajstić information content (AvgIpc) is 2.31. The van der Waals surface area contributed by atoms with E-state index in [0.29, 0.717) is 5.92 Å². The normalized spacial score (nSPS) is 10.9. The first-order valence-corrected chi connectivity index (χ1v) is 6.20. The Morgan fingerprint density at radius 3 is 2.78 bits per heavy atom. The molecule has 0 N–H and O–H groups in total. The lowest BCUT2D eigenvalue weighted by Gasteiger charge is -2.09. The third-order valence-corrected chi connectivity index (χ3v) is 2.79. The number of aryl methyl sites for hydroxylation is 1. The van der Waals surface area contributed by atoms with Crippen LogP contribution in [0.5, 0.6) is 0 Å². The van der Waals surface area contributed by atoms with Gasteiger partial charge in [-0.05, 0) is 37.0 Å². The predicted molar refractivity (Wildman–Crippen MR) is 73.1 cm³/mol. The Morgan fingerprint density at radius 2 is 2.11 bits per heavy atom. The number of aromatic nitrogens is 2. The molecule has 2 aromatic rings. The van der Waals surface area contributed by atoms with Crippen LogP contribution in [0.15, 0.2) is 41.6 Å². The highest BCUT2D eigenvalue weighted by Gasteiger charge is 2.07. The summed E-state index contributed by atoms with van der Waals surface area (Å²) in [4.78, 5) is 16.5. The van der Waals surface area contributed by atoms with Crippen molar-refractivity contribution in [2.24, 2.45) is 5.92 Å². The van der Waals surface area contributed by atoms with E-state index >= 15 is 0 Å². The van der Waals surface area contributed by atoms with Crippen molar-refractivity contribution in [1.29, 1.82) is 0 Å². The SMILES string of the molecule is Cc1cncc(-n2cccc(CC(C)C)c2=O)c1. The van der Waals surface area contributed by atoms with Crippen LogP contribution in [0.4, 0.5) is 0 Å².